The molecule has 0 spiro atoms. The number of rotatable bonds is 6. The Balaban J connectivity index is 2.28. The molecule has 0 fully saturated rings. The molecule has 112 valence electrons. The third-order valence-electron chi connectivity index (χ3n) is 3.12. The van der Waals surface area contributed by atoms with Gasteiger partial charge in [-0.25, -0.2) is 0 Å². The second-order valence-electron chi connectivity index (χ2n) is 4.54. The number of benzene rings is 2. The van der Waals surface area contributed by atoms with Crippen molar-refractivity contribution >= 4 is 21.6 Å². The largest absolute Gasteiger partial charge is 0.497 e. The van der Waals surface area contributed by atoms with E-state index in [0.717, 1.165) is 15.7 Å². The lowest BCUT2D eigenvalue weighted by Gasteiger charge is -2.19. The molecule has 0 heterocycles. The van der Waals surface area contributed by atoms with Gasteiger partial charge >= 0.3 is 0 Å². The van der Waals surface area contributed by atoms with Gasteiger partial charge in [0.2, 0.25) is 0 Å². The molecule has 21 heavy (non-hydrogen) atoms. The van der Waals surface area contributed by atoms with Crippen molar-refractivity contribution in [3.05, 3.63) is 52.5 Å². The molecule has 0 saturated carbocycles. The van der Waals surface area contributed by atoms with Gasteiger partial charge < -0.3 is 19.9 Å². The van der Waals surface area contributed by atoms with Crippen molar-refractivity contribution in [2.75, 3.05) is 26.1 Å². The molecule has 4 nitrogen and oxygen atoms in total. The lowest BCUT2D eigenvalue weighted by Crippen LogP contribution is -2.15. The van der Waals surface area contributed by atoms with Gasteiger partial charge in [-0.3, -0.25) is 0 Å². The molecule has 0 aliphatic heterocycles. The zero-order valence-electron chi connectivity index (χ0n) is 12.0. The van der Waals surface area contributed by atoms with E-state index in [0.29, 0.717) is 11.5 Å². The molecule has 1 atom stereocenters. The van der Waals surface area contributed by atoms with Crippen LogP contribution >= 0.6 is 15.9 Å². The number of ether oxygens (including phenoxy) is 2. The van der Waals surface area contributed by atoms with E-state index in [2.05, 4.69) is 21.2 Å². The van der Waals surface area contributed by atoms with Crippen LogP contribution in [-0.4, -0.2) is 25.9 Å². The summed E-state index contributed by atoms with van der Waals surface area (Å²) in [6.45, 7) is -0.0389. The fraction of sp³-hybridized carbons (Fsp3) is 0.250. The van der Waals surface area contributed by atoms with Crippen LogP contribution < -0.4 is 14.8 Å². The van der Waals surface area contributed by atoms with Gasteiger partial charge in [0.05, 0.1) is 26.9 Å². The zero-order chi connectivity index (χ0) is 15.2. The predicted octanol–water partition coefficient (Wildman–Crippen LogP) is 3.61. The van der Waals surface area contributed by atoms with E-state index in [1.54, 1.807) is 20.3 Å². The SMILES string of the molecule is COc1cc(OC)cc(C(CO)Nc2cccc(Br)c2)c1. The number of hydrogen-bond donors (Lipinski definition) is 2. The lowest BCUT2D eigenvalue weighted by molar-refractivity contribution is 0.275. The molecule has 2 aromatic rings. The van der Waals surface area contributed by atoms with Gasteiger partial charge in [0.25, 0.3) is 0 Å². The average Bonchev–Trinajstić information content (AvgIpc) is 2.52. The van der Waals surface area contributed by atoms with Crippen molar-refractivity contribution < 1.29 is 14.6 Å². The van der Waals surface area contributed by atoms with Gasteiger partial charge in [-0.05, 0) is 35.9 Å². The maximum atomic E-state index is 9.68. The number of halogens is 1. The summed E-state index contributed by atoms with van der Waals surface area (Å²) in [5.41, 5.74) is 1.82. The molecule has 5 heteroatoms. The molecule has 0 aliphatic rings. The highest BCUT2D eigenvalue weighted by Gasteiger charge is 2.13. The second-order valence-corrected chi connectivity index (χ2v) is 5.45. The molecule has 1 unspecified atom stereocenters. The van der Waals surface area contributed by atoms with Gasteiger partial charge in [-0.15, -0.1) is 0 Å². The van der Waals surface area contributed by atoms with Crippen molar-refractivity contribution in [3.63, 3.8) is 0 Å². The molecule has 0 aromatic heterocycles. The smallest absolute Gasteiger partial charge is 0.122 e. The summed E-state index contributed by atoms with van der Waals surface area (Å²) < 4.78 is 11.5. The first kappa shape index (κ1) is 15.7. The quantitative estimate of drug-likeness (QED) is 0.834. The number of hydrogen-bond acceptors (Lipinski definition) is 4. The standard InChI is InChI=1S/C16H18BrNO3/c1-20-14-6-11(7-15(9-14)21-2)16(10-19)18-13-5-3-4-12(17)8-13/h3-9,16,18-19H,10H2,1-2H3. The summed E-state index contributed by atoms with van der Waals surface area (Å²) in [4.78, 5) is 0. The van der Waals surface area contributed by atoms with Gasteiger partial charge in [0.1, 0.15) is 11.5 Å². The normalized spacial score (nSPS) is 11.8. The van der Waals surface area contributed by atoms with Gasteiger partial charge in [-0.2, -0.15) is 0 Å². The number of aliphatic hydroxyl groups is 1. The van der Waals surface area contributed by atoms with Crippen LogP contribution in [0.1, 0.15) is 11.6 Å². The number of methoxy groups -OCH3 is 2. The molecule has 0 saturated heterocycles. The minimum atomic E-state index is -0.247. The van der Waals surface area contributed by atoms with Crippen LogP contribution in [0.3, 0.4) is 0 Å². The Morgan fingerprint density at radius 3 is 2.29 bits per heavy atom. The minimum absolute atomic E-state index is 0.0389. The Kier molecular flexibility index (Phi) is 5.47. The third kappa shape index (κ3) is 4.12. The molecule has 0 amide bonds. The van der Waals surface area contributed by atoms with E-state index in [9.17, 15) is 5.11 Å². The lowest BCUT2D eigenvalue weighted by atomic mass is 10.1. The maximum Gasteiger partial charge on any atom is 0.122 e. The van der Waals surface area contributed by atoms with Crippen LogP contribution in [0.4, 0.5) is 5.69 Å². The fourth-order valence-electron chi connectivity index (χ4n) is 2.04. The number of nitrogens with one attached hydrogen (secondary N) is 1. The molecule has 2 N–H and O–H groups in total. The highest BCUT2D eigenvalue weighted by atomic mass is 79.9. The average molecular weight is 352 g/mol. The first-order chi connectivity index (χ1) is 10.2. The van der Waals surface area contributed by atoms with Gasteiger partial charge in [0, 0.05) is 16.2 Å². The number of aliphatic hydroxyl groups excluding tert-OH is 1. The zero-order valence-corrected chi connectivity index (χ0v) is 13.6. The van der Waals surface area contributed by atoms with Crippen LogP contribution in [0.2, 0.25) is 0 Å². The number of anilines is 1. The van der Waals surface area contributed by atoms with E-state index in [-0.39, 0.29) is 12.6 Å². The Labute approximate surface area is 132 Å². The predicted molar refractivity (Wildman–Crippen MR) is 87.1 cm³/mol. The first-order valence-electron chi connectivity index (χ1n) is 6.52. The summed E-state index contributed by atoms with van der Waals surface area (Å²) in [5.74, 6) is 1.39. The summed E-state index contributed by atoms with van der Waals surface area (Å²) >= 11 is 3.43. The summed E-state index contributed by atoms with van der Waals surface area (Å²) in [5, 5.41) is 13.0. The monoisotopic (exact) mass is 351 g/mol. The van der Waals surface area contributed by atoms with E-state index in [1.807, 2.05) is 36.4 Å². The Morgan fingerprint density at radius 1 is 1.10 bits per heavy atom. The molecule has 0 aliphatic carbocycles. The second kappa shape index (κ2) is 7.33. The minimum Gasteiger partial charge on any atom is -0.497 e. The summed E-state index contributed by atoms with van der Waals surface area (Å²) in [7, 11) is 3.21. The maximum absolute atomic E-state index is 9.68. The topological polar surface area (TPSA) is 50.7 Å². The van der Waals surface area contributed by atoms with Crippen molar-refractivity contribution in [1.29, 1.82) is 0 Å². The summed E-state index contributed by atoms with van der Waals surface area (Å²) in [6.07, 6.45) is 0. The van der Waals surface area contributed by atoms with Gasteiger partial charge in [0.15, 0.2) is 0 Å². The van der Waals surface area contributed by atoms with E-state index in [1.165, 1.54) is 0 Å². The van der Waals surface area contributed by atoms with Crippen molar-refractivity contribution in [2.45, 2.75) is 6.04 Å². The van der Waals surface area contributed by atoms with Crippen LogP contribution in [0.15, 0.2) is 46.9 Å². The van der Waals surface area contributed by atoms with E-state index in [4.69, 9.17) is 9.47 Å². The Morgan fingerprint density at radius 2 is 1.76 bits per heavy atom. The van der Waals surface area contributed by atoms with E-state index < -0.39 is 0 Å². The third-order valence-corrected chi connectivity index (χ3v) is 3.62. The Bertz CT molecular complexity index is 582. The van der Waals surface area contributed by atoms with Crippen molar-refractivity contribution in [1.82, 2.24) is 0 Å². The highest BCUT2D eigenvalue weighted by Crippen LogP contribution is 2.29. The molecule has 2 rings (SSSR count). The fourth-order valence-corrected chi connectivity index (χ4v) is 2.44. The van der Waals surface area contributed by atoms with Gasteiger partial charge in [-0.1, -0.05) is 22.0 Å². The van der Waals surface area contributed by atoms with Crippen LogP contribution in [0.5, 0.6) is 11.5 Å². The summed E-state index contributed by atoms with van der Waals surface area (Å²) in [6, 6.07) is 13.1. The molecule has 0 bridgehead atoms. The molecule has 2 aromatic carbocycles. The van der Waals surface area contributed by atoms with Crippen molar-refractivity contribution in [3.8, 4) is 11.5 Å². The van der Waals surface area contributed by atoms with Crippen LogP contribution in [0, 0.1) is 0 Å². The Hall–Kier alpha value is -1.72. The van der Waals surface area contributed by atoms with Crippen LogP contribution in [0.25, 0.3) is 0 Å². The molecular weight excluding hydrogens is 334 g/mol. The highest BCUT2D eigenvalue weighted by molar-refractivity contribution is 9.10. The van der Waals surface area contributed by atoms with E-state index >= 15 is 0 Å². The molecule has 0 radical (unpaired) electrons. The molecular formula is C16H18BrNO3. The van der Waals surface area contributed by atoms with Crippen LogP contribution in [-0.2, 0) is 0 Å². The first-order valence-corrected chi connectivity index (χ1v) is 7.31. The van der Waals surface area contributed by atoms with Crippen molar-refractivity contribution in [2.24, 2.45) is 0 Å².